The van der Waals surface area contributed by atoms with Gasteiger partial charge >= 0.3 is 5.97 Å². The first-order valence-electron chi connectivity index (χ1n) is 6.61. The Morgan fingerprint density at radius 1 is 1.05 bits per heavy atom. The van der Waals surface area contributed by atoms with E-state index in [1.807, 2.05) is 6.07 Å². The molecule has 0 spiro atoms. The topological polar surface area (TPSA) is 63.6 Å². The number of ketones is 1. The molecule has 4 nitrogen and oxygen atoms in total. The van der Waals surface area contributed by atoms with Gasteiger partial charge in [0.1, 0.15) is 5.75 Å². The summed E-state index contributed by atoms with van der Waals surface area (Å²) in [4.78, 5) is 23.8. The van der Waals surface area contributed by atoms with Crippen molar-refractivity contribution < 1.29 is 19.4 Å². The fourth-order valence-corrected chi connectivity index (χ4v) is 1.87. The predicted octanol–water partition coefficient (Wildman–Crippen LogP) is 2.92. The van der Waals surface area contributed by atoms with Crippen molar-refractivity contribution in [3.05, 3.63) is 65.7 Å². The maximum Gasteiger partial charge on any atom is 0.313 e. The number of phenolic OH excluding ortho intramolecular Hbond substituents is 1. The summed E-state index contributed by atoms with van der Waals surface area (Å²) in [7, 11) is 0. The molecule has 0 aliphatic carbocycles. The van der Waals surface area contributed by atoms with Crippen LogP contribution in [-0.4, -0.2) is 23.5 Å². The van der Waals surface area contributed by atoms with Crippen molar-refractivity contribution in [1.82, 2.24) is 0 Å². The van der Waals surface area contributed by atoms with Crippen LogP contribution in [-0.2, 0) is 9.53 Å². The number of rotatable bonds is 5. The Morgan fingerprint density at radius 2 is 1.67 bits per heavy atom. The molecule has 2 aromatic rings. The number of phenols is 1. The monoisotopic (exact) mass is 284 g/mol. The summed E-state index contributed by atoms with van der Waals surface area (Å²) in [6.45, 7) is 1.42. The van der Waals surface area contributed by atoms with Crippen LogP contribution in [0, 0.1) is 0 Å². The molecule has 0 aliphatic rings. The van der Waals surface area contributed by atoms with Crippen LogP contribution in [0.5, 0.6) is 5.75 Å². The highest BCUT2D eigenvalue weighted by atomic mass is 16.5. The van der Waals surface area contributed by atoms with E-state index in [0.29, 0.717) is 5.56 Å². The number of carbonyl (C=O) groups is 2. The van der Waals surface area contributed by atoms with Crippen molar-refractivity contribution in [3.63, 3.8) is 0 Å². The minimum Gasteiger partial charge on any atom is -0.508 e. The highest BCUT2D eigenvalue weighted by Crippen LogP contribution is 2.19. The van der Waals surface area contributed by atoms with E-state index in [2.05, 4.69) is 0 Å². The molecule has 4 heteroatoms. The number of hydrogen-bond acceptors (Lipinski definition) is 4. The highest BCUT2D eigenvalue weighted by Gasteiger charge is 2.18. The number of aromatic hydroxyl groups is 1. The Labute approximate surface area is 123 Å². The molecule has 0 heterocycles. The molecule has 0 aliphatic heterocycles. The summed E-state index contributed by atoms with van der Waals surface area (Å²) in [5.74, 6) is -1.06. The van der Waals surface area contributed by atoms with E-state index >= 15 is 0 Å². The summed E-state index contributed by atoms with van der Waals surface area (Å²) in [6.07, 6.45) is 0. The lowest BCUT2D eigenvalue weighted by molar-refractivity contribution is -0.143. The van der Waals surface area contributed by atoms with Gasteiger partial charge in [-0.15, -0.1) is 0 Å². The maximum atomic E-state index is 11.9. The smallest absolute Gasteiger partial charge is 0.313 e. The fourth-order valence-electron chi connectivity index (χ4n) is 1.87. The molecule has 1 atom stereocenters. The molecule has 2 aromatic carbocycles. The van der Waals surface area contributed by atoms with Gasteiger partial charge in [-0.3, -0.25) is 9.59 Å². The minimum absolute atomic E-state index is 0.138. The molecule has 0 saturated heterocycles. The lowest BCUT2D eigenvalue weighted by Crippen LogP contribution is -2.18. The Morgan fingerprint density at radius 3 is 2.29 bits per heavy atom. The number of carbonyl (C=O) groups excluding carboxylic acids is 2. The van der Waals surface area contributed by atoms with Gasteiger partial charge in [0.25, 0.3) is 0 Å². The molecular formula is C17H16O4. The van der Waals surface area contributed by atoms with Crippen LogP contribution < -0.4 is 0 Å². The maximum absolute atomic E-state index is 11.9. The fraction of sp³-hybridized carbons (Fsp3) is 0.176. The lowest BCUT2D eigenvalue weighted by Gasteiger charge is -2.11. The van der Waals surface area contributed by atoms with E-state index < -0.39 is 11.9 Å². The van der Waals surface area contributed by atoms with E-state index in [-0.39, 0.29) is 18.1 Å². The molecule has 108 valence electrons. The second-order valence-electron chi connectivity index (χ2n) is 4.71. The van der Waals surface area contributed by atoms with Crippen LogP contribution >= 0.6 is 0 Å². The Balaban J connectivity index is 1.92. The van der Waals surface area contributed by atoms with E-state index in [1.165, 1.54) is 12.1 Å². The third-order valence-electron chi connectivity index (χ3n) is 3.19. The van der Waals surface area contributed by atoms with E-state index in [1.54, 1.807) is 43.3 Å². The molecule has 21 heavy (non-hydrogen) atoms. The number of hydrogen-bond donors (Lipinski definition) is 1. The highest BCUT2D eigenvalue weighted by molar-refractivity contribution is 5.98. The van der Waals surface area contributed by atoms with Crippen molar-refractivity contribution in [2.75, 3.05) is 6.61 Å². The average molecular weight is 284 g/mol. The molecule has 0 radical (unpaired) electrons. The van der Waals surface area contributed by atoms with E-state index in [4.69, 9.17) is 4.74 Å². The van der Waals surface area contributed by atoms with Gasteiger partial charge in [0.05, 0.1) is 5.92 Å². The van der Waals surface area contributed by atoms with E-state index in [9.17, 15) is 14.7 Å². The molecular weight excluding hydrogens is 268 g/mol. The number of ether oxygens (including phenoxy) is 1. The number of benzene rings is 2. The Hall–Kier alpha value is -2.62. The molecule has 0 aromatic heterocycles. The minimum atomic E-state index is -0.492. The molecule has 0 saturated carbocycles. The summed E-state index contributed by atoms with van der Waals surface area (Å²) >= 11 is 0. The van der Waals surface area contributed by atoms with E-state index in [0.717, 1.165) is 5.56 Å². The van der Waals surface area contributed by atoms with Gasteiger partial charge in [0, 0.05) is 5.56 Å². The molecule has 0 fully saturated rings. The zero-order valence-corrected chi connectivity index (χ0v) is 11.7. The third kappa shape index (κ3) is 3.92. The van der Waals surface area contributed by atoms with Gasteiger partial charge in [-0.1, -0.05) is 42.5 Å². The van der Waals surface area contributed by atoms with Crippen molar-refractivity contribution in [2.45, 2.75) is 12.8 Å². The van der Waals surface area contributed by atoms with Crippen LogP contribution in [0.25, 0.3) is 0 Å². The van der Waals surface area contributed by atoms with Crippen molar-refractivity contribution in [3.8, 4) is 5.75 Å². The van der Waals surface area contributed by atoms with Gasteiger partial charge in [0.15, 0.2) is 12.4 Å². The zero-order valence-electron chi connectivity index (χ0n) is 11.7. The van der Waals surface area contributed by atoms with Crippen LogP contribution in [0.2, 0.25) is 0 Å². The molecule has 0 bridgehead atoms. The first-order valence-corrected chi connectivity index (χ1v) is 6.61. The van der Waals surface area contributed by atoms with Gasteiger partial charge in [-0.25, -0.2) is 0 Å². The Kier molecular flexibility index (Phi) is 4.72. The van der Waals surface area contributed by atoms with Gasteiger partial charge in [-0.2, -0.15) is 0 Å². The average Bonchev–Trinajstić information content (AvgIpc) is 2.53. The summed E-state index contributed by atoms with van der Waals surface area (Å²) < 4.78 is 5.05. The third-order valence-corrected chi connectivity index (χ3v) is 3.19. The van der Waals surface area contributed by atoms with Crippen LogP contribution in [0.15, 0.2) is 54.6 Å². The standard InChI is InChI=1S/C17H16O4/c1-12(13-7-9-15(18)10-8-13)17(20)21-11-16(19)14-5-3-2-4-6-14/h2-10,12,18H,11H2,1H3. The predicted molar refractivity (Wildman–Crippen MR) is 78.3 cm³/mol. The SMILES string of the molecule is CC(C(=O)OCC(=O)c1ccccc1)c1ccc(O)cc1. The van der Waals surface area contributed by atoms with Crippen LogP contribution in [0.3, 0.4) is 0 Å². The second-order valence-corrected chi connectivity index (χ2v) is 4.71. The molecule has 0 amide bonds. The second kappa shape index (κ2) is 6.70. The normalized spacial score (nSPS) is 11.7. The molecule has 2 rings (SSSR count). The van der Waals surface area contributed by atoms with Gasteiger partial charge in [-0.05, 0) is 24.6 Å². The lowest BCUT2D eigenvalue weighted by atomic mass is 10.0. The summed E-state index contributed by atoms with van der Waals surface area (Å²) in [5, 5.41) is 9.22. The largest absolute Gasteiger partial charge is 0.508 e. The number of Topliss-reactive ketones (excluding diaryl/α,β-unsaturated/α-hetero) is 1. The van der Waals surface area contributed by atoms with Crippen LogP contribution in [0.1, 0.15) is 28.8 Å². The molecule has 1 unspecified atom stereocenters. The Bertz CT molecular complexity index is 617. The summed E-state index contributed by atoms with van der Waals surface area (Å²) in [5.41, 5.74) is 1.24. The van der Waals surface area contributed by atoms with Gasteiger partial charge in [0.2, 0.25) is 0 Å². The van der Waals surface area contributed by atoms with Crippen molar-refractivity contribution in [1.29, 1.82) is 0 Å². The van der Waals surface area contributed by atoms with Crippen molar-refractivity contribution >= 4 is 11.8 Å². The number of esters is 1. The van der Waals surface area contributed by atoms with Crippen LogP contribution in [0.4, 0.5) is 0 Å². The summed E-state index contributed by atoms with van der Waals surface area (Å²) in [6, 6.07) is 15.0. The van der Waals surface area contributed by atoms with Gasteiger partial charge < -0.3 is 9.84 Å². The first kappa shape index (κ1) is 14.8. The zero-order chi connectivity index (χ0) is 15.2. The first-order chi connectivity index (χ1) is 10.1. The molecule has 1 N–H and O–H groups in total. The van der Waals surface area contributed by atoms with Crippen molar-refractivity contribution in [2.24, 2.45) is 0 Å². The quantitative estimate of drug-likeness (QED) is 0.677.